The number of fused-ring (bicyclic) bond motifs is 2. The van der Waals surface area contributed by atoms with Gasteiger partial charge in [-0.15, -0.1) is 11.3 Å². The van der Waals surface area contributed by atoms with E-state index >= 15 is 0 Å². The average molecular weight is 310 g/mol. The minimum Gasteiger partial charge on any atom is -0.207 e. The molecule has 2 aliphatic carbocycles. The van der Waals surface area contributed by atoms with Crippen LogP contribution in [0, 0.1) is 29.1 Å². The molecule has 108 valence electrons. The van der Waals surface area contributed by atoms with Crippen molar-refractivity contribution in [2.45, 2.75) is 42.9 Å². The van der Waals surface area contributed by atoms with Crippen molar-refractivity contribution < 1.29 is 8.42 Å². The monoisotopic (exact) mass is 310 g/mol. The molecule has 1 aromatic heterocycles. The summed E-state index contributed by atoms with van der Waals surface area (Å²) in [6.07, 6.45) is 4.99. The summed E-state index contributed by atoms with van der Waals surface area (Å²) < 4.78 is 27.7. The molecule has 2 saturated carbocycles. The first-order valence-electron chi connectivity index (χ1n) is 7.02. The average Bonchev–Trinajstić information content (AvgIpc) is 3.13. The lowest BCUT2D eigenvalue weighted by Gasteiger charge is -2.28. The lowest BCUT2D eigenvalue weighted by atomic mass is 9.84. The SMILES string of the molecule is CC(NS(=O)(=O)c1ccc(C#N)s1)C1CC2CCC1C2. The molecule has 1 heterocycles. The van der Waals surface area contributed by atoms with Gasteiger partial charge in [0.15, 0.2) is 0 Å². The summed E-state index contributed by atoms with van der Waals surface area (Å²) in [7, 11) is -3.49. The van der Waals surface area contributed by atoms with Crippen molar-refractivity contribution in [2.24, 2.45) is 17.8 Å². The maximum Gasteiger partial charge on any atom is 0.250 e. The minimum atomic E-state index is -3.49. The molecule has 0 aliphatic heterocycles. The highest BCUT2D eigenvalue weighted by atomic mass is 32.2. The number of sulfonamides is 1. The molecule has 6 heteroatoms. The van der Waals surface area contributed by atoms with Gasteiger partial charge in [0.25, 0.3) is 0 Å². The Balaban J connectivity index is 1.71. The van der Waals surface area contributed by atoms with Gasteiger partial charge in [-0.05, 0) is 56.1 Å². The van der Waals surface area contributed by atoms with Crippen LogP contribution < -0.4 is 4.72 Å². The Morgan fingerprint density at radius 2 is 2.20 bits per heavy atom. The number of nitrogens with one attached hydrogen (secondary N) is 1. The summed E-state index contributed by atoms with van der Waals surface area (Å²) in [6, 6.07) is 5.02. The van der Waals surface area contributed by atoms with Crippen LogP contribution in [0.1, 0.15) is 37.5 Å². The molecule has 3 rings (SSSR count). The lowest BCUT2D eigenvalue weighted by molar-refractivity contribution is 0.280. The fourth-order valence-electron chi connectivity index (χ4n) is 3.82. The number of rotatable bonds is 4. The Kier molecular flexibility index (Phi) is 3.61. The summed E-state index contributed by atoms with van der Waals surface area (Å²) in [4.78, 5) is 0.429. The molecule has 1 aromatic rings. The van der Waals surface area contributed by atoms with Gasteiger partial charge < -0.3 is 0 Å². The van der Waals surface area contributed by atoms with Crippen LogP contribution in [0.5, 0.6) is 0 Å². The minimum absolute atomic E-state index is 0.0251. The van der Waals surface area contributed by atoms with E-state index in [4.69, 9.17) is 5.26 Å². The van der Waals surface area contributed by atoms with Crippen molar-refractivity contribution in [2.75, 3.05) is 0 Å². The van der Waals surface area contributed by atoms with E-state index in [0.29, 0.717) is 16.7 Å². The molecule has 0 spiro atoms. The van der Waals surface area contributed by atoms with E-state index in [0.717, 1.165) is 23.7 Å². The Morgan fingerprint density at radius 3 is 2.75 bits per heavy atom. The van der Waals surface area contributed by atoms with Crippen LogP contribution >= 0.6 is 11.3 Å². The van der Waals surface area contributed by atoms with Gasteiger partial charge >= 0.3 is 0 Å². The third kappa shape index (κ3) is 2.50. The smallest absolute Gasteiger partial charge is 0.207 e. The summed E-state index contributed by atoms with van der Waals surface area (Å²) in [5.74, 6) is 1.97. The van der Waals surface area contributed by atoms with Gasteiger partial charge in [0, 0.05) is 6.04 Å². The molecule has 20 heavy (non-hydrogen) atoms. The first kappa shape index (κ1) is 14.1. The Labute approximate surface area is 123 Å². The van der Waals surface area contributed by atoms with Gasteiger partial charge in [-0.3, -0.25) is 0 Å². The van der Waals surface area contributed by atoms with Crippen molar-refractivity contribution in [3.8, 4) is 6.07 Å². The van der Waals surface area contributed by atoms with E-state index in [9.17, 15) is 8.42 Å². The van der Waals surface area contributed by atoms with E-state index in [1.54, 1.807) is 6.07 Å². The van der Waals surface area contributed by atoms with Crippen LogP contribution in [-0.4, -0.2) is 14.5 Å². The maximum atomic E-state index is 12.3. The van der Waals surface area contributed by atoms with Crippen LogP contribution in [0.25, 0.3) is 0 Å². The highest BCUT2D eigenvalue weighted by Gasteiger charge is 2.42. The van der Waals surface area contributed by atoms with Gasteiger partial charge in [-0.25, -0.2) is 13.1 Å². The Bertz CT molecular complexity index is 644. The molecule has 1 N–H and O–H groups in total. The second-order valence-electron chi connectivity index (χ2n) is 5.98. The van der Waals surface area contributed by atoms with Crippen molar-refractivity contribution >= 4 is 21.4 Å². The lowest BCUT2D eigenvalue weighted by Crippen LogP contribution is -2.39. The van der Waals surface area contributed by atoms with E-state index in [2.05, 4.69) is 4.72 Å². The standard InChI is InChI=1S/C14H18N2O2S2/c1-9(13-7-10-2-3-11(13)6-10)16-20(17,18)14-5-4-12(8-15)19-14/h4-5,9-11,13,16H,2-3,6-7H2,1H3. The quantitative estimate of drug-likeness (QED) is 0.929. The number of thiophene rings is 1. The van der Waals surface area contributed by atoms with Gasteiger partial charge in [0.1, 0.15) is 15.2 Å². The topological polar surface area (TPSA) is 70.0 Å². The fourth-order valence-corrected chi connectivity index (χ4v) is 6.24. The molecule has 4 nitrogen and oxygen atoms in total. The summed E-state index contributed by atoms with van der Waals surface area (Å²) in [5, 5.41) is 8.79. The second kappa shape index (κ2) is 5.14. The van der Waals surface area contributed by atoms with Crippen LogP contribution in [-0.2, 0) is 10.0 Å². The number of hydrogen-bond acceptors (Lipinski definition) is 4. The van der Waals surface area contributed by atoms with Crippen molar-refractivity contribution in [1.82, 2.24) is 4.72 Å². The predicted octanol–water partition coefficient (Wildman–Crippen LogP) is 2.72. The largest absolute Gasteiger partial charge is 0.250 e. The molecular weight excluding hydrogens is 292 g/mol. The molecule has 0 saturated heterocycles. The van der Waals surface area contributed by atoms with Crippen LogP contribution in [0.15, 0.2) is 16.3 Å². The van der Waals surface area contributed by atoms with E-state index < -0.39 is 10.0 Å². The van der Waals surface area contributed by atoms with Gasteiger partial charge in [-0.1, -0.05) is 6.42 Å². The van der Waals surface area contributed by atoms with Crippen molar-refractivity contribution in [3.05, 3.63) is 17.0 Å². The molecule has 0 aromatic carbocycles. The van der Waals surface area contributed by atoms with E-state index in [-0.39, 0.29) is 10.3 Å². The zero-order valence-electron chi connectivity index (χ0n) is 11.4. The molecule has 4 atom stereocenters. The highest BCUT2D eigenvalue weighted by molar-refractivity contribution is 7.91. The second-order valence-corrected chi connectivity index (χ2v) is 9.00. The Hall–Kier alpha value is -0.900. The summed E-state index contributed by atoms with van der Waals surface area (Å²) in [6.45, 7) is 1.97. The van der Waals surface area contributed by atoms with Crippen LogP contribution in [0.4, 0.5) is 0 Å². The summed E-state index contributed by atoms with van der Waals surface area (Å²) >= 11 is 1.03. The van der Waals surface area contributed by atoms with Gasteiger partial charge in [0.05, 0.1) is 0 Å². The molecular formula is C14H18N2O2S2. The molecule has 2 aliphatic rings. The van der Waals surface area contributed by atoms with Crippen LogP contribution in [0.3, 0.4) is 0 Å². The third-order valence-electron chi connectivity index (χ3n) is 4.73. The highest BCUT2D eigenvalue weighted by Crippen LogP contribution is 2.49. The summed E-state index contributed by atoms with van der Waals surface area (Å²) in [5.41, 5.74) is 0. The molecule has 0 radical (unpaired) electrons. The maximum absolute atomic E-state index is 12.3. The molecule has 2 bridgehead atoms. The van der Waals surface area contributed by atoms with Crippen molar-refractivity contribution in [3.63, 3.8) is 0 Å². The van der Waals surface area contributed by atoms with Gasteiger partial charge in [-0.2, -0.15) is 5.26 Å². The Morgan fingerprint density at radius 1 is 1.40 bits per heavy atom. The third-order valence-corrected chi connectivity index (χ3v) is 7.77. The normalized spacial score (nSPS) is 30.3. The first-order valence-corrected chi connectivity index (χ1v) is 9.32. The first-order chi connectivity index (χ1) is 9.49. The molecule has 2 fully saturated rings. The molecule has 4 unspecified atom stereocenters. The molecule has 0 amide bonds. The zero-order valence-corrected chi connectivity index (χ0v) is 13.0. The predicted molar refractivity (Wildman–Crippen MR) is 77.8 cm³/mol. The fraction of sp³-hybridized carbons (Fsp3) is 0.643. The zero-order chi connectivity index (χ0) is 14.3. The number of hydrogen-bond donors (Lipinski definition) is 1. The van der Waals surface area contributed by atoms with Gasteiger partial charge in [0.2, 0.25) is 10.0 Å². The number of nitrogens with zero attached hydrogens (tertiary/aromatic N) is 1. The van der Waals surface area contributed by atoms with Crippen molar-refractivity contribution in [1.29, 1.82) is 5.26 Å². The number of nitriles is 1. The van der Waals surface area contributed by atoms with Crippen LogP contribution in [0.2, 0.25) is 0 Å². The van der Waals surface area contributed by atoms with E-state index in [1.807, 2.05) is 13.0 Å². The van der Waals surface area contributed by atoms with E-state index in [1.165, 1.54) is 25.3 Å².